The molecular weight excluding hydrogens is 574 g/mol. The van der Waals surface area contributed by atoms with E-state index in [0.29, 0.717) is 11.3 Å². The second-order valence-electron chi connectivity index (χ2n) is 9.54. The van der Waals surface area contributed by atoms with Crippen LogP contribution in [0.5, 0.6) is 11.5 Å². The van der Waals surface area contributed by atoms with Gasteiger partial charge in [-0.1, -0.05) is 32.0 Å². The van der Waals surface area contributed by atoms with Gasteiger partial charge in [0.2, 0.25) is 0 Å². The van der Waals surface area contributed by atoms with Gasteiger partial charge in [0, 0.05) is 72.0 Å². The molecule has 0 atom stereocenters. The largest absolute Gasteiger partial charge is 0.508 e. The lowest BCUT2D eigenvalue weighted by Crippen LogP contribution is -2.12. The number of halogens is 1. The SMILES string of the molecule is CC.CCl.CNc1ccc2[nH]c(/C=C/C=O)cc2c1.Cc1cccc2c(O)cc3c(c12)CCN3C.O=Cc1ccc(O)cc1. The number of aryl methyl sites for hydroxylation is 1. The molecule has 0 saturated carbocycles. The summed E-state index contributed by atoms with van der Waals surface area (Å²) in [5, 5.41) is 25.2. The molecule has 6 rings (SSSR count). The topological polar surface area (TPSA) is 106 Å². The van der Waals surface area contributed by atoms with Crippen molar-refractivity contribution in [3.63, 3.8) is 0 Å². The van der Waals surface area contributed by atoms with Gasteiger partial charge in [-0.2, -0.15) is 0 Å². The molecule has 7 nitrogen and oxygen atoms in total. The molecule has 4 N–H and O–H groups in total. The number of alkyl halides is 1. The minimum absolute atomic E-state index is 0.181. The number of H-pyrrole nitrogens is 1. The molecule has 1 aromatic heterocycles. The van der Waals surface area contributed by atoms with Gasteiger partial charge < -0.3 is 25.4 Å². The van der Waals surface area contributed by atoms with E-state index in [4.69, 9.17) is 5.11 Å². The van der Waals surface area contributed by atoms with Crippen molar-refractivity contribution in [3.8, 4) is 11.5 Å². The number of nitrogens with zero attached hydrogens (tertiary/aromatic N) is 1. The van der Waals surface area contributed by atoms with Gasteiger partial charge in [0.15, 0.2) is 0 Å². The summed E-state index contributed by atoms with van der Waals surface area (Å²) in [7, 11) is 3.97. The normalized spacial score (nSPS) is 11.1. The number of hydrogen-bond donors (Lipinski definition) is 4. The average molecular weight is 616 g/mol. The maximum Gasteiger partial charge on any atom is 0.150 e. The van der Waals surface area contributed by atoms with Gasteiger partial charge in [0.1, 0.15) is 24.1 Å². The molecule has 0 fully saturated rings. The molecule has 0 spiro atoms. The zero-order chi connectivity index (χ0) is 32.6. The van der Waals surface area contributed by atoms with Crippen LogP contribution in [0.4, 0.5) is 11.4 Å². The van der Waals surface area contributed by atoms with Crippen molar-refractivity contribution in [1.82, 2.24) is 4.98 Å². The van der Waals surface area contributed by atoms with Gasteiger partial charge in [0.25, 0.3) is 0 Å². The minimum atomic E-state index is 0.181. The van der Waals surface area contributed by atoms with Gasteiger partial charge >= 0.3 is 0 Å². The van der Waals surface area contributed by atoms with Gasteiger partial charge in [0.05, 0.1) is 0 Å². The Kier molecular flexibility index (Phi) is 14.5. The Labute approximate surface area is 264 Å². The number of aromatic nitrogens is 1. The summed E-state index contributed by atoms with van der Waals surface area (Å²) in [5.41, 5.74) is 7.47. The maximum atomic E-state index is 10.2. The Balaban J connectivity index is 0.000000225. The molecule has 2 heterocycles. The number of carbonyl (C=O) groups excluding carboxylic acids is 2. The number of rotatable bonds is 4. The lowest BCUT2D eigenvalue weighted by Gasteiger charge is -2.14. The molecule has 0 unspecified atom stereocenters. The van der Waals surface area contributed by atoms with Gasteiger partial charge in [-0.25, -0.2) is 0 Å². The highest BCUT2D eigenvalue weighted by atomic mass is 35.5. The lowest BCUT2D eigenvalue weighted by molar-refractivity contribution is -0.104. The van der Waals surface area contributed by atoms with E-state index in [2.05, 4.69) is 52.9 Å². The Morgan fingerprint density at radius 2 is 1.66 bits per heavy atom. The standard InChI is InChI=1S/C14H15NO.C12H12N2O.C7H6O2.C2H6.CH3Cl/c1-9-4-3-5-11-13(16)8-12-10(14(9)11)6-7-15(12)2;1-13-10-4-5-12-9(7-10)8-11(14-12)3-2-6-15;8-5-6-1-3-7(9)4-2-6;2*1-2/h3-5,8,16H,6-7H2,1-2H3;2-8,13-14H,1H3;1-5,9H;1-2H3;1H3/b;3-2+;;;. The van der Waals surface area contributed by atoms with Gasteiger partial charge in [-0.3, -0.25) is 9.59 Å². The first-order chi connectivity index (χ1) is 21.3. The van der Waals surface area contributed by atoms with E-state index in [-0.39, 0.29) is 5.75 Å². The van der Waals surface area contributed by atoms with E-state index >= 15 is 0 Å². The van der Waals surface area contributed by atoms with Gasteiger partial charge in [-0.15, -0.1) is 11.6 Å². The molecule has 44 heavy (non-hydrogen) atoms. The fraction of sp³-hybridized carbons (Fsp3) is 0.222. The van der Waals surface area contributed by atoms with E-state index in [1.165, 1.54) is 46.8 Å². The minimum Gasteiger partial charge on any atom is -0.508 e. The number of anilines is 2. The lowest BCUT2D eigenvalue weighted by atomic mass is 9.97. The number of aldehydes is 2. The predicted octanol–water partition coefficient (Wildman–Crippen LogP) is 8.35. The van der Waals surface area contributed by atoms with Crippen LogP contribution in [0.15, 0.2) is 78.9 Å². The fourth-order valence-corrected chi connectivity index (χ4v) is 4.79. The number of aromatic hydroxyl groups is 2. The number of nitrogens with one attached hydrogen (secondary N) is 2. The second kappa shape index (κ2) is 18.0. The first-order valence-corrected chi connectivity index (χ1v) is 15.1. The van der Waals surface area contributed by atoms with Crippen molar-refractivity contribution in [3.05, 3.63) is 101 Å². The number of benzene rings is 4. The van der Waals surface area contributed by atoms with E-state index in [0.717, 1.165) is 53.2 Å². The average Bonchev–Trinajstić information content (AvgIpc) is 3.65. The number of hydrogen-bond acceptors (Lipinski definition) is 6. The maximum absolute atomic E-state index is 10.2. The van der Waals surface area contributed by atoms with E-state index in [9.17, 15) is 14.7 Å². The van der Waals surface area contributed by atoms with Crippen LogP contribution in [-0.2, 0) is 11.2 Å². The molecule has 8 heteroatoms. The monoisotopic (exact) mass is 615 g/mol. The van der Waals surface area contributed by atoms with Crippen LogP contribution in [0.25, 0.3) is 27.8 Å². The molecule has 0 saturated heterocycles. The first-order valence-electron chi connectivity index (χ1n) is 14.3. The zero-order valence-electron chi connectivity index (χ0n) is 26.2. The number of aromatic amines is 1. The Hall–Kier alpha value is -4.75. The zero-order valence-corrected chi connectivity index (χ0v) is 26.9. The number of carbonyl (C=O) groups is 2. The molecule has 5 aromatic rings. The molecule has 1 aliphatic heterocycles. The van der Waals surface area contributed by atoms with Crippen molar-refractivity contribution in [2.75, 3.05) is 37.2 Å². The quantitative estimate of drug-likeness (QED) is 0.0920. The van der Waals surface area contributed by atoms with Crippen LogP contribution in [-0.4, -0.2) is 54.8 Å². The number of allylic oxidation sites excluding steroid dienone is 1. The van der Waals surface area contributed by atoms with E-state index in [1.54, 1.807) is 18.2 Å². The van der Waals surface area contributed by atoms with Crippen LogP contribution in [0.1, 0.15) is 41.0 Å². The van der Waals surface area contributed by atoms with E-state index in [1.807, 2.05) is 57.3 Å². The molecule has 4 aromatic carbocycles. The van der Waals surface area contributed by atoms with E-state index < -0.39 is 0 Å². The Morgan fingerprint density at radius 3 is 2.30 bits per heavy atom. The molecule has 0 amide bonds. The number of phenols is 2. The summed E-state index contributed by atoms with van der Waals surface area (Å²) in [5.74, 6) is 0.576. The molecular formula is C36H42ClN3O4. The summed E-state index contributed by atoms with van der Waals surface area (Å²) in [6.45, 7) is 7.16. The number of likely N-dealkylation sites (N-methyl/N-ethyl adjacent to an activating group) is 1. The summed E-state index contributed by atoms with van der Waals surface area (Å²) in [6, 6.07) is 22.2. The molecule has 1 aliphatic rings. The third-order valence-corrected chi connectivity index (χ3v) is 6.86. The smallest absolute Gasteiger partial charge is 0.150 e. The van der Waals surface area contributed by atoms with Crippen molar-refractivity contribution < 1.29 is 19.8 Å². The van der Waals surface area contributed by atoms with Crippen LogP contribution < -0.4 is 10.2 Å². The Bertz CT molecular complexity index is 1680. The summed E-state index contributed by atoms with van der Waals surface area (Å²) < 4.78 is 0. The second-order valence-corrected chi connectivity index (χ2v) is 9.54. The van der Waals surface area contributed by atoms with Crippen molar-refractivity contribution >= 4 is 63.3 Å². The van der Waals surface area contributed by atoms with Crippen molar-refractivity contribution in [1.29, 1.82) is 0 Å². The fourth-order valence-electron chi connectivity index (χ4n) is 4.79. The number of fused-ring (bicyclic) bond motifs is 4. The van der Waals surface area contributed by atoms with Crippen molar-refractivity contribution in [2.45, 2.75) is 27.2 Å². The molecule has 0 aliphatic carbocycles. The van der Waals surface area contributed by atoms with Crippen LogP contribution in [0, 0.1) is 6.92 Å². The highest BCUT2D eigenvalue weighted by Crippen LogP contribution is 2.40. The molecule has 0 bridgehead atoms. The molecule has 232 valence electrons. The van der Waals surface area contributed by atoms with Crippen molar-refractivity contribution in [2.24, 2.45) is 0 Å². The summed E-state index contributed by atoms with van der Waals surface area (Å²) in [4.78, 5) is 25.6. The first kappa shape index (κ1) is 35.4. The highest BCUT2D eigenvalue weighted by molar-refractivity contribution is 6.15. The van der Waals surface area contributed by atoms with Crippen LogP contribution in [0.2, 0.25) is 0 Å². The van der Waals surface area contributed by atoms with Crippen LogP contribution >= 0.6 is 11.6 Å². The third-order valence-electron chi connectivity index (χ3n) is 6.86. The summed E-state index contributed by atoms with van der Waals surface area (Å²) >= 11 is 4.64. The highest BCUT2D eigenvalue weighted by Gasteiger charge is 2.21. The predicted molar refractivity (Wildman–Crippen MR) is 187 cm³/mol. The third kappa shape index (κ3) is 9.12. The summed E-state index contributed by atoms with van der Waals surface area (Å²) in [6.07, 6.45) is 7.28. The number of phenolic OH excluding ortho intramolecular Hbond substituents is 2. The molecule has 0 radical (unpaired) electrons. The van der Waals surface area contributed by atoms with Gasteiger partial charge in [-0.05, 0) is 90.5 Å². The van der Waals surface area contributed by atoms with Crippen LogP contribution in [0.3, 0.4) is 0 Å². The Morgan fingerprint density at radius 1 is 0.955 bits per heavy atom.